The molecule has 2 amide bonds. The highest BCUT2D eigenvalue weighted by Gasteiger charge is 2.31. The van der Waals surface area contributed by atoms with Gasteiger partial charge in [-0.25, -0.2) is 13.2 Å². The van der Waals surface area contributed by atoms with Crippen molar-refractivity contribution in [3.63, 3.8) is 0 Å². The van der Waals surface area contributed by atoms with Crippen molar-refractivity contribution in [3.05, 3.63) is 84.9 Å². The fraction of sp³-hybridized carbons (Fsp3) is 0.259. The lowest BCUT2D eigenvalue weighted by Crippen LogP contribution is -2.53. The fourth-order valence-corrected chi connectivity index (χ4v) is 5.35. The first-order valence-corrected chi connectivity index (χ1v) is 13.4. The lowest BCUT2D eigenvalue weighted by atomic mass is 10.3. The highest BCUT2D eigenvalue weighted by atomic mass is 32.2. The van der Waals surface area contributed by atoms with E-state index in [-0.39, 0.29) is 24.0 Å². The van der Waals surface area contributed by atoms with Crippen LogP contribution in [0.3, 0.4) is 0 Å². The fourth-order valence-electron chi connectivity index (χ4n) is 3.92. The molecule has 37 heavy (non-hydrogen) atoms. The molecule has 0 spiro atoms. The number of rotatable bonds is 8. The van der Waals surface area contributed by atoms with E-state index in [0.29, 0.717) is 43.4 Å². The molecule has 0 N–H and O–H groups in total. The van der Waals surface area contributed by atoms with E-state index in [9.17, 15) is 18.0 Å². The summed E-state index contributed by atoms with van der Waals surface area (Å²) in [5.74, 6) is 0.835. The van der Waals surface area contributed by atoms with Crippen LogP contribution in [0.1, 0.15) is 6.92 Å². The van der Waals surface area contributed by atoms with Gasteiger partial charge in [0.2, 0.25) is 5.91 Å². The molecule has 4 rings (SSSR count). The summed E-state index contributed by atoms with van der Waals surface area (Å²) in [4.78, 5) is 28.4. The molecule has 0 saturated carbocycles. The van der Waals surface area contributed by atoms with Gasteiger partial charge in [0.25, 0.3) is 10.0 Å². The molecule has 0 bridgehead atoms. The van der Waals surface area contributed by atoms with E-state index < -0.39 is 16.1 Å². The van der Waals surface area contributed by atoms with Gasteiger partial charge in [-0.2, -0.15) is 0 Å². The number of piperazine rings is 1. The third-order valence-electron chi connectivity index (χ3n) is 5.87. The predicted molar refractivity (Wildman–Crippen MR) is 139 cm³/mol. The monoisotopic (exact) mass is 523 g/mol. The summed E-state index contributed by atoms with van der Waals surface area (Å²) in [6.45, 7) is 2.86. The van der Waals surface area contributed by atoms with Gasteiger partial charge in [-0.05, 0) is 55.5 Å². The number of sulfonamides is 1. The Bertz CT molecular complexity index is 1290. The molecular weight excluding hydrogens is 494 g/mol. The Morgan fingerprint density at radius 2 is 1.32 bits per heavy atom. The minimum atomic E-state index is -4.03. The SMILES string of the molecule is CCOC(=O)N1CCN(C(=O)CN(c2ccc(Oc3ccccc3)cc2)S(=O)(=O)c2ccccc2)CC1. The highest BCUT2D eigenvalue weighted by molar-refractivity contribution is 7.92. The first kappa shape index (κ1) is 26.0. The second-order valence-corrected chi connectivity index (χ2v) is 10.2. The van der Waals surface area contributed by atoms with E-state index in [1.165, 1.54) is 17.0 Å². The number of nitrogens with zero attached hydrogens (tertiary/aromatic N) is 3. The number of carbonyl (C=O) groups is 2. The minimum Gasteiger partial charge on any atom is -0.457 e. The Kier molecular flexibility index (Phi) is 8.29. The van der Waals surface area contributed by atoms with Crippen LogP contribution in [-0.4, -0.2) is 69.5 Å². The largest absolute Gasteiger partial charge is 0.457 e. The van der Waals surface area contributed by atoms with E-state index in [2.05, 4.69) is 0 Å². The summed E-state index contributed by atoms with van der Waals surface area (Å²) in [6.07, 6.45) is -0.416. The van der Waals surface area contributed by atoms with Gasteiger partial charge in [0.05, 0.1) is 17.2 Å². The number of hydrogen-bond donors (Lipinski definition) is 0. The molecule has 1 saturated heterocycles. The maximum absolute atomic E-state index is 13.6. The smallest absolute Gasteiger partial charge is 0.409 e. The highest BCUT2D eigenvalue weighted by Crippen LogP contribution is 2.28. The lowest BCUT2D eigenvalue weighted by Gasteiger charge is -2.35. The van der Waals surface area contributed by atoms with Gasteiger partial charge in [-0.15, -0.1) is 0 Å². The van der Waals surface area contributed by atoms with Crippen molar-refractivity contribution >= 4 is 27.7 Å². The van der Waals surface area contributed by atoms with Crippen molar-refractivity contribution in [3.8, 4) is 11.5 Å². The number of amides is 2. The minimum absolute atomic E-state index is 0.0829. The van der Waals surface area contributed by atoms with E-state index in [0.717, 1.165) is 4.31 Å². The molecule has 194 valence electrons. The summed E-state index contributed by atoms with van der Waals surface area (Å²) in [6, 6.07) is 23.8. The number of ether oxygens (including phenoxy) is 2. The van der Waals surface area contributed by atoms with Crippen molar-refractivity contribution in [2.24, 2.45) is 0 Å². The zero-order valence-corrected chi connectivity index (χ0v) is 21.3. The van der Waals surface area contributed by atoms with Crippen LogP contribution in [0.2, 0.25) is 0 Å². The number of hydrogen-bond acceptors (Lipinski definition) is 6. The van der Waals surface area contributed by atoms with Crippen LogP contribution in [0.15, 0.2) is 89.8 Å². The van der Waals surface area contributed by atoms with Gasteiger partial charge in [-0.3, -0.25) is 9.10 Å². The molecule has 1 heterocycles. The van der Waals surface area contributed by atoms with Gasteiger partial charge in [0, 0.05) is 26.2 Å². The third-order valence-corrected chi connectivity index (χ3v) is 7.66. The Balaban J connectivity index is 1.53. The van der Waals surface area contributed by atoms with Crippen LogP contribution < -0.4 is 9.04 Å². The molecule has 0 radical (unpaired) electrons. The molecule has 0 aliphatic carbocycles. The second kappa shape index (κ2) is 11.8. The van der Waals surface area contributed by atoms with Gasteiger partial charge >= 0.3 is 6.09 Å². The van der Waals surface area contributed by atoms with Crippen molar-refractivity contribution in [1.29, 1.82) is 0 Å². The Labute approximate surface area is 216 Å². The molecule has 10 heteroatoms. The quantitative estimate of drug-likeness (QED) is 0.443. The van der Waals surface area contributed by atoms with Crippen molar-refractivity contribution < 1.29 is 27.5 Å². The molecule has 3 aromatic carbocycles. The van der Waals surface area contributed by atoms with Crippen LogP contribution in [0.4, 0.5) is 10.5 Å². The van der Waals surface area contributed by atoms with E-state index in [4.69, 9.17) is 9.47 Å². The Morgan fingerprint density at radius 3 is 1.92 bits per heavy atom. The maximum atomic E-state index is 13.6. The molecule has 3 aromatic rings. The summed E-state index contributed by atoms with van der Waals surface area (Å²) < 4.78 is 39.1. The molecule has 0 atom stereocenters. The normalized spacial score (nSPS) is 13.6. The molecular formula is C27H29N3O6S. The van der Waals surface area contributed by atoms with E-state index in [1.54, 1.807) is 54.3 Å². The molecule has 9 nitrogen and oxygen atoms in total. The first-order valence-electron chi connectivity index (χ1n) is 12.0. The van der Waals surface area contributed by atoms with Gasteiger partial charge in [0.15, 0.2) is 0 Å². The van der Waals surface area contributed by atoms with Gasteiger partial charge in [-0.1, -0.05) is 36.4 Å². The number of para-hydroxylation sites is 1. The van der Waals surface area contributed by atoms with Crippen molar-refractivity contribution in [2.75, 3.05) is 43.6 Å². The zero-order valence-electron chi connectivity index (χ0n) is 20.5. The average molecular weight is 524 g/mol. The third kappa shape index (κ3) is 6.39. The molecule has 1 aliphatic heterocycles. The molecule has 0 aromatic heterocycles. The molecule has 1 fully saturated rings. The second-order valence-electron chi connectivity index (χ2n) is 8.30. The number of anilines is 1. The first-order chi connectivity index (χ1) is 17.9. The van der Waals surface area contributed by atoms with Crippen LogP contribution in [0, 0.1) is 0 Å². The van der Waals surface area contributed by atoms with Crippen molar-refractivity contribution in [1.82, 2.24) is 9.80 Å². The number of benzene rings is 3. The lowest BCUT2D eigenvalue weighted by molar-refractivity contribution is -0.131. The van der Waals surface area contributed by atoms with Crippen LogP contribution in [-0.2, 0) is 19.6 Å². The van der Waals surface area contributed by atoms with Crippen LogP contribution in [0.25, 0.3) is 0 Å². The standard InChI is InChI=1S/C27H29N3O6S/c1-2-35-27(32)29-19-17-28(18-20-29)26(31)21-30(37(33,34)25-11-7-4-8-12-25)22-13-15-24(16-14-22)36-23-9-5-3-6-10-23/h3-16H,2,17-21H2,1H3. The maximum Gasteiger partial charge on any atom is 0.409 e. The summed E-state index contributed by atoms with van der Waals surface area (Å²) in [5, 5.41) is 0. The number of carbonyl (C=O) groups excluding carboxylic acids is 2. The Morgan fingerprint density at radius 1 is 0.784 bits per heavy atom. The van der Waals surface area contributed by atoms with Crippen molar-refractivity contribution in [2.45, 2.75) is 11.8 Å². The summed E-state index contributed by atoms with van der Waals surface area (Å²) >= 11 is 0. The Hall–Kier alpha value is -4.05. The summed E-state index contributed by atoms with van der Waals surface area (Å²) in [5.41, 5.74) is 0.336. The van der Waals surface area contributed by atoms with Gasteiger partial charge in [0.1, 0.15) is 18.0 Å². The van der Waals surface area contributed by atoms with Gasteiger partial charge < -0.3 is 19.3 Å². The molecule has 1 aliphatic rings. The van der Waals surface area contributed by atoms with Crippen LogP contribution in [0.5, 0.6) is 11.5 Å². The van der Waals surface area contributed by atoms with Crippen LogP contribution >= 0.6 is 0 Å². The zero-order chi connectivity index (χ0) is 26.3. The van der Waals surface area contributed by atoms with E-state index >= 15 is 0 Å². The average Bonchev–Trinajstić information content (AvgIpc) is 2.93. The topological polar surface area (TPSA) is 96.5 Å². The molecule has 0 unspecified atom stereocenters. The van der Waals surface area contributed by atoms with E-state index in [1.807, 2.05) is 30.3 Å². The summed E-state index contributed by atoms with van der Waals surface area (Å²) in [7, 11) is -4.03. The predicted octanol–water partition coefficient (Wildman–Crippen LogP) is 3.97.